The monoisotopic (exact) mass is 460 g/mol. The van der Waals surface area contributed by atoms with Gasteiger partial charge in [0.1, 0.15) is 0 Å². The first kappa shape index (κ1) is 20.4. The summed E-state index contributed by atoms with van der Waals surface area (Å²) >= 11 is 1.44. The van der Waals surface area contributed by atoms with Crippen molar-refractivity contribution in [2.24, 2.45) is 0 Å². The third-order valence-electron chi connectivity index (χ3n) is 4.23. The first-order chi connectivity index (χ1) is 14.1. The molecule has 0 radical (unpaired) electrons. The van der Waals surface area contributed by atoms with Gasteiger partial charge in [-0.15, -0.1) is 21.5 Å². The quantitative estimate of drug-likeness (QED) is 0.485. The van der Waals surface area contributed by atoms with Gasteiger partial charge in [-0.05, 0) is 49.4 Å². The molecule has 2 aromatic heterocycles. The van der Waals surface area contributed by atoms with E-state index in [4.69, 9.17) is 0 Å². The Morgan fingerprint density at radius 1 is 0.900 bits per heavy atom. The van der Waals surface area contributed by atoms with Gasteiger partial charge in [0, 0.05) is 17.5 Å². The Labute approximate surface area is 177 Å². The molecule has 154 valence electrons. The van der Waals surface area contributed by atoms with Gasteiger partial charge in [-0.1, -0.05) is 12.1 Å². The van der Waals surface area contributed by atoms with Gasteiger partial charge in [0.05, 0.1) is 25.8 Å². The number of anilines is 1. The van der Waals surface area contributed by atoms with Crippen LogP contribution in [0.3, 0.4) is 0 Å². The molecular weight excluding hydrogens is 444 g/mol. The molecule has 0 aliphatic heterocycles. The van der Waals surface area contributed by atoms with Gasteiger partial charge in [0.25, 0.3) is 10.0 Å². The molecule has 0 saturated carbocycles. The summed E-state index contributed by atoms with van der Waals surface area (Å²) in [5, 5.41) is 8.41. The lowest BCUT2D eigenvalue weighted by molar-refractivity contribution is 0.595. The molecule has 1 N–H and O–H groups in total. The first-order valence-electron chi connectivity index (χ1n) is 8.66. The predicted octanol–water partition coefficient (Wildman–Crippen LogP) is 3.27. The summed E-state index contributed by atoms with van der Waals surface area (Å²) < 4.78 is 51.8. The minimum atomic E-state index is -3.76. The van der Waals surface area contributed by atoms with Gasteiger partial charge in [-0.25, -0.2) is 21.8 Å². The van der Waals surface area contributed by atoms with Gasteiger partial charge in [0.2, 0.25) is 0 Å². The minimum absolute atomic E-state index is 0.108. The Morgan fingerprint density at radius 3 is 2.27 bits per heavy atom. The molecule has 0 saturated heterocycles. The van der Waals surface area contributed by atoms with Crippen molar-refractivity contribution in [3.63, 3.8) is 0 Å². The number of sulfone groups is 1. The molecule has 2 heterocycles. The molecule has 11 heteroatoms. The molecule has 0 bridgehead atoms. The Morgan fingerprint density at radius 2 is 1.63 bits per heavy atom. The van der Waals surface area contributed by atoms with E-state index in [-0.39, 0.29) is 9.92 Å². The van der Waals surface area contributed by atoms with Crippen molar-refractivity contribution in [3.05, 3.63) is 59.6 Å². The third kappa shape index (κ3) is 4.18. The molecular formula is C19H16N4O4S3. The van der Waals surface area contributed by atoms with Crippen molar-refractivity contribution in [3.8, 4) is 11.3 Å². The maximum atomic E-state index is 12.7. The van der Waals surface area contributed by atoms with Crippen molar-refractivity contribution < 1.29 is 16.8 Å². The van der Waals surface area contributed by atoms with Gasteiger partial charge in [-0.2, -0.15) is 0 Å². The van der Waals surface area contributed by atoms with E-state index in [9.17, 15) is 16.8 Å². The number of aryl methyl sites for hydroxylation is 1. The molecule has 0 unspecified atom stereocenters. The van der Waals surface area contributed by atoms with Crippen LogP contribution in [0.4, 0.5) is 5.69 Å². The number of sulfonamides is 1. The highest BCUT2D eigenvalue weighted by Crippen LogP contribution is 2.26. The van der Waals surface area contributed by atoms with E-state index in [0.29, 0.717) is 16.9 Å². The molecule has 0 spiro atoms. The van der Waals surface area contributed by atoms with Crippen LogP contribution in [-0.2, 0) is 19.9 Å². The standard InChI is InChI=1S/C19H16N4O4S3/c1-12-20-17-8-7-15(11-18(17)28-12)30(26,27)23-14-5-3-13(4-6-14)16-9-10-19(22-21-16)29(2,24)25/h3-11,23H,1-2H3. The summed E-state index contributed by atoms with van der Waals surface area (Å²) in [7, 11) is -7.18. The highest BCUT2D eigenvalue weighted by molar-refractivity contribution is 7.92. The maximum absolute atomic E-state index is 12.7. The number of rotatable bonds is 5. The number of nitrogens with zero attached hydrogens (tertiary/aromatic N) is 3. The van der Waals surface area contributed by atoms with E-state index < -0.39 is 19.9 Å². The molecule has 0 amide bonds. The van der Waals surface area contributed by atoms with Gasteiger partial charge in [0.15, 0.2) is 14.9 Å². The Balaban J connectivity index is 1.56. The van der Waals surface area contributed by atoms with E-state index in [0.717, 1.165) is 21.5 Å². The Kier molecular flexibility index (Phi) is 5.04. The fourth-order valence-corrected chi connectivity index (χ4v) is 5.31. The third-order valence-corrected chi connectivity index (χ3v) is 7.52. The molecule has 2 aromatic carbocycles. The van der Waals surface area contributed by atoms with Crippen LogP contribution in [-0.4, -0.2) is 38.3 Å². The summed E-state index contributed by atoms with van der Waals surface area (Å²) in [6.45, 7) is 1.87. The number of thiazole rings is 1. The van der Waals surface area contributed by atoms with Crippen LogP contribution in [0.2, 0.25) is 0 Å². The Bertz CT molecular complexity index is 1440. The zero-order valence-corrected chi connectivity index (χ0v) is 18.3. The van der Waals surface area contributed by atoms with Crippen molar-refractivity contribution in [2.45, 2.75) is 16.8 Å². The van der Waals surface area contributed by atoms with E-state index >= 15 is 0 Å². The van der Waals surface area contributed by atoms with Crippen molar-refractivity contribution in [2.75, 3.05) is 11.0 Å². The van der Waals surface area contributed by atoms with Gasteiger partial charge in [-0.3, -0.25) is 4.72 Å². The van der Waals surface area contributed by atoms with Crippen LogP contribution < -0.4 is 4.72 Å². The first-order valence-corrected chi connectivity index (χ1v) is 12.9. The smallest absolute Gasteiger partial charge is 0.261 e. The minimum Gasteiger partial charge on any atom is -0.280 e. The predicted molar refractivity (Wildman–Crippen MR) is 116 cm³/mol. The average molecular weight is 461 g/mol. The molecule has 0 atom stereocenters. The van der Waals surface area contributed by atoms with Gasteiger partial charge < -0.3 is 0 Å². The average Bonchev–Trinajstić information content (AvgIpc) is 3.07. The van der Waals surface area contributed by atoms with E-state index in [1.807, 2.05) is 6.92 Å². The van der Waals surface area contributed by atoms with E-state index in [2.05, 4.69) is 19.9 Å². The highest BCUT2D eigenvalue weighted by atomic mass is 32.2. The van der Waals surface area contributed by atoms with Crippen LogP contribution >= 0.6 is 11.3 Å². The number of hydrogen-bond acceptors (Lipinski definition) is 8. The summed E-state index contributed by atoms with van der Waals surface area (Å²) in [6, 6.07) is 14.3. The lowest BCUT2D eigenvalue weighted by Crippen LogP contribution is -2.12. The topological polar surface area (TPSA) is 119 Å². The normalized spacial score (nSPS) is 12.2. The molecule has 4 rings (SSSR count). The maximum Gasteiger partial charge on any atom is 0.261 e. The van der Waals surface area contributed by atoms with E-state index in [1.165, 1.54) is 23.5 Å². The van der Waals surface area contributed by atoms with Crippen LogP contribution in [0.5, 0.6) is 0 Å². The second-order valence-corrected chi connectivity index (χ2v) is 11.5. The summed E-state index contributed by atoms with van der Waals surface area (Å²) in [5.41, 5.74) is 2.30. The molecule has 0 aliphatic carbocycles. The lowest BCUT2D eigenvalue weighted by Gasteiger charge is -2.09. The molecule has 0 aliphatic rings. The molecule has 4 aromatic rings. The number of benzene rings is 2. The van der Waals surface area contributed by atoms with Crippen molar-refractivity contribution >= 4 is 47.1 Å². The van der Waals surface area contributed by atoms with Crippen LogP contribution in [0.25, 0.3) is 21.5 Å². The number of nitrogens with one attached hydrogen (secondary N) is 1. The second-order valence-electron chi connectivity index (χ2n) is 6.57. The summed E-state index contributed by atoms with van der Waals surface area (Å²) in [5.74, 6) is 0. The second kappa shape index (κ2) is 7.42. The van der Waals surface area contributed by atoms with E-state index in [1.54, 1.807) is 42.5 Å². The molecule has 30 heavy (non-hydrogen) atoms. The number of aromatic nitrogens is 3. The highest BCUT2D eigenvalue weighted by Gasteiger charge is 2.16. The van der Waals surface area contributed by atoms with Crippen LogP contribution in [0, 0.1) is 6.92 Å². The molecule has 8 nitrogen and oxygen atoms in total. The summed E-state index contributed by atoms with van der Waals surface area (Å²) in [4.78, 5) is 4.49. The SMILES string of the molecule is Cc1nc2ccc(S(=O)(=O)Nc3ccc(-c4ccc(S(C)(=O)=O)nn4)cc3)cc2s1. The number of fused-ring (bicyclic) bond motifs is 1. The van der Waals surface area contributed by atoms with Gasteiger partial charge >= 0.3 is 0 Å². The Hall–Kier alpha value is -2.89. The zero-order valence-electron chi connectivity index (χ0n) is 15.9. The fraction of sp³-hybridized carbons (Fsp3) is 0.105. The molecule has 0 fully saturated rings. The van der Waals surface area contributed by atoms with Crippen LogP contribution in [0.1, 0.15) is 5.01 Å². The van der Waals surface area contributed by atoms with Crippen molar-refractivity contribution in [1.29, 1.82) is 0 Å². The largest absolute Gasteiger partial charge is 0.280 e. The number of hydrogen-bond donors (Lipinski definition) is 1. The summed E-state index contributed by atoms with van der Waals surface area (Å²) in [6.07, 6.45) is 1.06. The van der Waals surface area contributed by atoms with Crippen LogP contribution in [0.15, 0.2) is 64.5 Å². The fourth-order valence-electron chi connectivity index (χ4n) is 2.78. The lowest BCUT2D eigenvalue weighted by atomic mass is 10.1. The van der Waals surface area contributed by atoms with Crippen molar-refractivity contribution in [1.82, 2.24) is 15.2 Å². The zero-order chi connectivity index (χ0) is 21.5.